The highest BCUT2D eigenvalue weighted by Crippen LogP contribution is 2.27. The van der Waals surface area contributed by atoms with Crippen molar-refractivity contribution in [2.45, 2.75) is 31.3 Å². The molecule has 0 atom stereocenters. The molecule has 1 aliphatic heterocycles. The summed E-state index contributed by atoms with van der Waals surface area (Å²) in [6.45, 7) is 2.80. The molecule has 2 N–H and O–H groups in total. The van der Waals surface area contributed by atoms with Gasteiger partial charge in [-0.3, -0.25) is 4.79 Å². The molecule has 1 amide bonds. The molecule has 25 heavy (non-hydrogen) atoms. The number of nitrogens with two attached hydrogens (primary N) is 1. The van der Waals surface area contributed by atoms with E-state index in [1.807, 2.05) is 0 Å². The van der Waals surface area contributed by atoms with Crippen LogP contribution in [0.15, 0.2) is 33.7 Å². The van der Waals surface area contributed by atoms with E-state index >= 15 is 0 Å². The minimum Gasteiger partial charge on any atom is -0.486 e. The van der Waals surface area contributed by atoms with Crippen LogP contribution in [-0.2, 0) is 16.6 Å². The number of primary amides is 1. The summed E-state index contributed by atoms with van der Waals surface area (Å²) in [5, 5.41) is 3.80. The fraction of sp³-hybridized carbons (Fsp3) is 0.375. The molecule has 2 heterocycles. The topological polar surface area (TPSA) is 116 Å². The second-order valence-corrected chi connectivity index (χ2v) is 7.79. The van der Waals surface area contributed by atoms with Crippen LogP contribution in [0, 0.1) is 6.92 Å². The Labute approximate surface area is 145 Å². The first-order valence-corrected chi connectivity index (χ1v) is 9.31. The molecule has 1 fully saturated rings. The van der Waals surface area contributed by atoms with E-state index in [2.05, 4.69) is 5.16 Å². The normalized spacial score (nSPS) is 15.4. The van der Waals surface area contributed by atoms with E-state index in [1.54, 1.807) is 13.0 Å². The molecule has 2 aromatic rings. The Balaban J connectivity index is 1.86. The zero-order valence-electron chi connectivity index (χ0n) is 13.8. The van der Waals surface area contributed by atoms with Gasteiger partial charge in [0.25, 0.3) is 5.91 Å². The Morgan fingerprint density at radius 1 is 1.32 bits per heavy atom. The van der Waals surface area contributed by atoms with Crippen molar-refractivity contribution in [1.82, 2.24) is 9.46 Å². The minimum absolute atomic E-state index is 0.0143. The van der Waals surface area contributed by atoms with E-state index in [4.69, 9.17) is 15.0 Å². The maximum atomic E-state index is 12.6. The number of sulfonamides is 1. The highest BCUT2D eigenvalue weighted by atomic mass is 32.2. The molecule has 1 aliphatic rings. The molecule has 9 heteroatoms. The van der Waals surface area contributed by atoms with E-state index in [0.29, 0.717) is 24.5 Å². The van der Waals surface area contributed by atoms with E-state index in [-0.39, 0.29) is 22.8 Å². The molecule has 8 nitrogen and oxygen atoms in total. The minimum atomic E-state index is -3.63. The maximum absolute atomic E-state index is 12.6. The number of carbonyl (C=O) groups is 1. The largest absolute Gasteiger partial charge is 0.486 e. The lowest BCUT2D eigenvalue weighted by Gasteiger charge is -2.17. The molecule has 0 radical (unpaired) electrons. The molecule has 1 aromatic heterocycles. The fourth-order valence-corrected chi connectivity index (χ4v) is 4.25. The number of nitrogens with zero attached hydrogens (tertiary/aromatic N) is 2. The summed E-state index contributed by atoms with van der Waals surface area (Å²) < 4.78 is 37.1. The number of aromatic nitrogens is 1. The van der Waals surface area contributed by atoms with Gasteiger partial charge in [-0.1, -0.05) is 5.16 Å². The number of hydrogen-bond donors (Lipinski definition) is 1. The predicted octanol–water partition coefficient (Wildman–Crippen LogP) is 1.45. The van der Waals surface area contributed by atoms with E-state index < -0.39 is 15.9 Å². The summed E-state index contributed by atoms with van der Waals surface area (Å²) in [5.74, 6) is 0.0825. The van der Waals surface area contributed by atoms with Gasteiger partial charge in [-0.05, 0) is 38.0 Å². The van der Waals surface area contributed by atoms with Gasteiger partial charge in [-0.25, -0.2) is 8.42 Å². The van der Waals surface area contributed by atoms with Crippen molar-refractivity contribution < 1.29 is 22.5 Å². The van der Waals surface area contributed by atoms with Crippen molar-refractivity contribution in [3.63, 3.8) is 0 Å². The van der Waals surface area contributed by atoms with Crippen LogP contribution in [0.4, 0.5) is 0 Å². The van der Waals surface area contributed by atoms with Crippen molar-refractivity contribution in [1.29, 1.82) is 0 Å². The van der Waals surface area contributed by atoms with Crippen LogP contribution in [0.1, 0.15) is 34.7 Å². The molecule has 0 aliphatic carbocycles. The third-order valence-corrected chi connectivity index (χ3v) is 5.87. The standard InChI is InChI=1S/C16H19N3O5S/c1-11-8-12(18-24-11)10-23-15-5-4-13(9-14(15)16(17)20)25(21,22)19-6-2-3-7-19/h4-5,8-9H,2-3,6-7,10H2,1H3,(H2,17,20). The lowest BCUT2D eigenvalue weighted by molar-refractivity contribution is 0.0995. The number of hydrogen-bond acceptors (Lipinski definition) is 6. The van der Waals surface area contributed by atoms with Gasteiger partial charge in [-0.15, -0.1) is 0 Å². The quantitative estimate of drug-likeness (QED) is 0.828. The first-order chi connectivity index (χ1) is 11.9. The molecular formula is C16H19N3O5S. The van der Waals surface area contributed by atoms with E-state index in [9.17, 15) is 13.2 Å². The summed E-state index contributed by atoms with van der Waals surface area (Å²) in [4.78, 5) is 11.8. The number of amides is 1. The van der Waals surface area contributed by atoms with Crippen LogP contribution in [0.25, 0.3) is 0 Å². The molecule has 0 unspecified atom stereocenters. The van der Waals surface area contributed by atoms with Crippen molar-refractivity contribution in [3.05, 3.63) is 41.3 Å². The molecule has 1 aromatic carbocycles. The Morgan fingerprint density at radius 2 is 2.04 bits per heavy atom. The fourth-order valence-electron chi connectivity index (χ4n) is 2.70. The molecule has 0 saturated carbocycles. The number of rotatable bonds is 6. The first kappa shape index (κ1) is 17.4. The van der Waals surface area contributed by atoms with Crippen molar-refractivity contribution in [2.75, 3.05) is 13.1 Å². The highest BCUT2D eigenvalue weighted by Gasteiger charge is 2.28. The highest BCUT2D eigenvalue weighted by molar-refractivity contribution is 7.89. The average Bonchev–Trinajstić information content (AvgIpc) is 3.24. The summed E-state index contributed by atoms with van der Waals surface area (Å²) in [6.07, 6.45) is 1.67. The molecule has 134 valence electrons. The maximum Gasteiger partial charge on any atom is 0.252 e. The van der Waals surface area contributed by atoms with Crippen LogP contribution < -0.4 is 10.5 Å². The third-order valence-electron chi connectivity index (χ3n) is 3.97. The number of carbonyl (C=O) groups excluding carboxylic acids is 1. The van der Waals surface area contributed by atoms with E-state index in [0.717, 1.165) is 12.8 Å². The SMILES string of the molecule is Cc1cc(COc2ccc(S(=O)(=O)N3CCCC3)cc2C(N)=O)no1. The Morgan fingerprint density at radius 3 is 2.64 bits per heavy atom. The smallest absolute Gasteiger partial charge is 0.252 e. The second kappa shape index (κ2) is 6.85. The Kier molecular flexibility index (Phi) is 4.78. The third kappa shape index (κ3) is 3.67. The number of ether oxygens (including phenoxy) is 1. The Hall–Kier alpha value is -2.39. The van der Waals surface area contributed by atoms with Gasteiger partial charge in [-0.2, -0.15) is 4.31 Å². The predicted molar refractivity (Wildman–Crippen MR) is 88.5 cm³/mol. The zero-order chi connectivity index (χ0) is 18.0. The molecule has 1 saturated heterocycles. The van der Waals surface area contributed by atoms with Crippen LogP contribution in [-0.4, -0.2) is 36.9 Å². The van der Waals surface area contributed by atoms with Crippen LogP contribution in [0.3, 0.4) is 0 Å². The van der Waals surface area contributed by atoms with Crippen molar-refractivity contribution in [3.8, 4) is 5.75 Å². The summed E-state index contributed by atoms with van der Waals surface area (Å²) in [7, 11) is -3.63. The lowest BCUT2D eigenvalue weighted by atomic mass is 10.2. The second-order valence-electron chi connectivity index (χ2n) is 5.85. The molecule has 0 bridgehead atoms. The number of aryl methyl sites for hydroxylation is 1. The molecular weight excluding hydrogens is 346 g/mol. The molecule has 3 rings (SSSR count). The summed E-state index contributed by atoms with van der Waals surface area (Å²) >= 11 is 0. The first-order valence-electron chi connectivity index (χ1n) is 7.87. The van der Waals surface area contributed by atoms with E-state index in [1.165, 1.54) is 22.5 Å². The summed E-state index contributed by atoms with van der Waals surface area (Å²) in [6, 6.07) is 5.83. The summed E-state index contributed by atoms with van der Waals surface area (Å²) in [5.41, 5.74) is 5.96. The molecule has 0 spiro atoms. The van der Waals surface area contributed by atoms with Gasteiger partial charge >= 0.3 is 0 Å². The van der Waals surface area contributed by atoms with Gasteiger partial charge in [0.2, 0.25) is 10.0 Å². The van der Waals surface area contributed by atoms with Gasteiger partial charge in [0.15, 0.2) is 0 Å². The van der Waals surface area contributed by atoms with Gasteiger partial charge in [0.1, 0.15) is 23.8 Å². The monoisotopic (exact) mass is 365 g/mol. The number of benzene rings is 1. The van der Waals surface area contributed by atoms with Gasteiger partial charge in [0, 0.05) is 19.2 Å². The van der Waals surface area contributed by atoms with Crippen LogP contribution in [0.5, 0.6) is 5.75 Å². The lowest BCUT2D eigenvalue weighted by Crippen LogP contribution is -2.28. The van der Waals surface area contributed by atoms with Crippen LogP contribution >= 0.6 is 0 Å². The van der Waals surface area contributed by atoms with Gasteiger partial charge in [0.05, 0.1) is 10.5 Å². The Bertz CT molecular complexity index is 885. The zero-order valence-corrected chi connectivity index (χ0v) is 14.6. The van der Waals surface area contributed by atoms with Crippen molar-refractivity contribution in [2.24, 2.45) is 5.73 Å². The van der Waals surface area contributed by atoms with Gasteiger partial charge < -0.3 is 15.0 Å². The van der Waals surface area contributed by atoms with Crippen molar-refractivity contribution >= 4 is 15.9 Å². The average molecular weight is 365 g/mol. The van der Waals surface area contributed by atoms with Crippen LogP contribution in [0.2, 0.25) is 0 Å².